The van der Waals surface area contributed by atoms with Crippen LogP contribution in [0.1, 0.15) is 5.56 Å². The van der Waals surface area contributed by atoms with Gasteiger partial charge in [-0.25, -0.2) is 0 Å². The van der Waals surface area contributed by atoms with Crippen molar-refractivity contribution in [1.29, 1.82) is 0 Å². The van der Waals surface area contributed by atoms with Gasteiger partial charge in [-0.3, -0.25) is 5.10 Å². The molecule has 9 heteroatoms. The van der Waals surface area contributed by atoms with Gasteiger partial charge in [0.15, 0.2) is 5.82 Å². The van der Waals surface area contributed by atoms with Gasteiger partial charge in [0, 0.05) is 24.5 Å². The minimum Gasteiger partial charge on any atom is -0.368 e. The Morgan fingerprint density at radius 2 is 1.96 bits per heavy atom. The van der Waals surface area contributed by atoms with Crippen LogP contribution in [-0.2, 0) is 6.54 Å². The molecule has 4 aromatic rings. The molecule has 2 aromatic heterocycles. The van der Waals surface area contributed by atoms with E-state index in [2.05, 4.69) is 25.1 Å². The fourth-order valence-corrected chi connectivity index (χ4v) is 3.13. The number of hydrogen-bond acceptors (Lipinski definition) is 6. The summed E-state index contributed by atoms with van der Waals surface area (Å²) in [6.45, 7) is 0.474. The number of benzene rings is 2. The van der Waals surface area contributed by atoms with Crippen molar-refractivity contribution in [2.24, 2.45) is 0 Å². The van der Waals surface area contributed by atoms with Crippen molar-refractivity contribution < 1.29 is 0 Å². The molecule has 0 atom stereocenters. The Hall–Kier alpha value is -2.90. The average molecular weight is 400 g/mol. The molecule has 7 nitrogen and oxygen atoms in total. The highest BCUT2D eigenvalue weighted by molar-refractivity contribution is 6.42. The Morgan fingerprint density at radius 1 is 1.11 bits per heavy atom. The van der Waals surface area contributed by atoms with Gasteiger partial charge in [0.05, 0.1) is 21.8 Å². The Morgan fingerprint density at radius 3 is 2.81 bits per heavy atom. The molecule has 0 spiro atoms. The number of nitrogens with zero attached hydrogens (tertiary/aromatic N) is 5. The number of nitrogen functional groups attached to an aromatic ring is 1. The number of fused-ring (bicyclic) bond motifs is 1. The van der Waals surface area contributed by atoms with Gasteiger partial charge in [-0.15, -0.1) is 0 Å². The fourth-order valence-electron chi connectivity index (χ4n) is 2.75. The maximum absolute atomic E-state index is 6.28. The second-order valence-corrected chi connectivity index (χ2v) is 6.84. The van der Waals surface area contributed by atoms with E-state index in [4.69, 9.17) is 28.9 Å². The van der Waals surface area contributed by atoms with Crippen LogP contribution in [0.15, 0.2) is 42.6 Å². The lowest BCUT2D eigenvalue weighted by Crippen LogP contribution is -2.20. The molecule has 0 bridgehead atoms. The van der Waals surface area contributed by atoms with Crippen molar-refractivity contribution in [1.82, 2.24) is 25.1 Å². The highest BCUT2D eigenvalue weighted by atomic mass is 35.5. The molecular formula is C18H15Cl2N7. The van der Waals surface area contributed by atoms with Gasteiger partial charge < -0.3 is 10.6 Å². The molecule has 2 aromatic carbocycles. The summed E-state index contributed by atoms with van der Waals surface area (Å²) in [5.74, 6) is 1.07. The summed E-state index contributed by atoms with van der Waals surface area (Å²) in [6.07, 6.45) is 1.76. The van der Waals surface area contributed by atoms with Crippen LogP contribution in [0, 0.1) is 0 Å². The summed E-state index contributed by atoms with van der Waals surface area (Å²) < 4.78 is 0. The normalized spacial score (nSPS) is 11.1. The van der Waals surface area contributed by atoms with Gasteiger partial charge in [0.25, 0.3) is 0 Å². The maximum atomic E-state index is 6.28. The zero-order chi connectivity index (χ0) is 19.0. The standard InChI is InChI=1S/C18H15Cl2N7/c1-27(9-12-3-2-4-13(19)15(12)20)18-24-16(23-17(21)25-18)10-5-6-11-8-22-26-14(11)7-10/h2-8H,9H2,1H3,(H,22,26)(H2,21,23,24,25). The third-order valence-corrected chi connectivity index (χ3v) is 4.98. The molecule has 0 radical (unpaired) electrons. The lowest BCUT2D eigenvalue weighted by molar-refractivity contribution is 0.859. The molecule has 27 heavy (non-hydrogen) atoms. The predicted octanol–water partition coefficient (Wildman–Crippen LogP) is 3.94. The van der Waals surface area contributed by atoms with E-state index in [1.54, 1.807) is 12.3 Å². The minimum atomic E-state index is 0.142. The van der Waals surface area contributed by atoms with Gasteiger partial charge in [-0.05, 0) is 17.7 Å². The van der Waals surface area contributed by atoms with Crippen LogP contribution in [-0.4, -0.2) is 32.2 Å². The van der Waals surface area contributed by atoms with Crippen LogP contribution in [0.4, 0.5) is 11.9 Å². The Balaban J connectivity index is 1.68. The molecule has 0 saturated heterocycles. The molecular weight excluding hydrogens is 385 g/mol. The predicted molar refractivity (Wildman–Crippen MR) is 108 cm³/mol. The van der Waals surface area contributed by atoms with Gasteiger partial charge in [0.1, 0.15) is 0 Å². The number of aromatic amines is 1. The lowest BCUT2D eigenvalue weighted by Gasteiger charge is -2.19. The third-order valence-electron chi connectivity index (χ3n) is 4.12. The van der Waals surface area contributed by atoms with E-state index in [-0.39, 0.29) is 5.95 Å². The summed E-state index contributed by atoms with van der Waals surface area (Å²) in [7, 11) is 1.86. The minimum absolute atomic E-state index is 0.142. The van der Waals surface area contributed by atoms with Crippen molar-refractivity contribution in [3.05, 3.63) is 58.2 Å². The second kappa shape index (κ2) is 7.02. The van der Waals surface area contributed by atoms with Gasteiger partial charge in [-0.2, -0.15) is 20.1 Å². The summed E-state index contributed by atoms with van der Waals surface area (Å²) in [6, 6.07) is 11.3. The third kappa shape index (κ3) is 3.51. The molecule has 0 saturated carbocycles. The van der Waals surface area contributed by atoms with Crippen LogP contribution < -0.4 is 10.6 Å². The molecule has 0 aliphatic carbocycles. The van der Waals surface area contributed by atoms with Crippen molar-refractivity contribution in [3.8, 4) is 11.4 Å². The van der Waals surface area contributed by atoms with E-state index in [0.29, 0.717) is 28.4 Å². The molecule has 4 rings (SSSR count). The topological polar surface area (TPSA) is 96.6 Å². The number of rotatable bonds is 4. The number of halogens is 2. The van der Waals surface area contributed by atoms with Crippen LogP contribution in [0.5, 0.6) is 0 Å². The summed E-state index contributed by atoms with van der Waals surface area (Å²) in [5, 5.41) is 8.99. The van der Waals surface area contributed by atoms with Crippen LogP contribution in [0.2, 0.25) is 10.0 Å². The van der Waals surface area contributed by atoms with E-state index in [1.165, 1.54) is 0 Å². The lowest BCUT2D eigenvalue weighted by atomic mass is 10.1. The highest BCUT2D eigenvalue weighted by Gasteiger charge is 2.14. The molecule has 0 unspecified atom stereocenters. The molecule has 0 aliphatic heterocycles. The largest absolute Gasteiger partial charge is 0.368 e. The highest BCUT2D eigenvalue weighted by Crippen LogP contribution is 2.28. The Kier molecular flexibility index (Phi) is 4.55. The fraction of sp³-hybridized carbons (Fsp3) is 0.111. The van der Waals surface area contributed by atoms with Gasteiger partial charge >= 0.3 is 0 Å². The summed E-state index contributed by atoms with van der Waals surface area (Å²) in [4.78, 5) is 14.9. The first-order valence-corrected chi connectivity index (χ1v) is 8.86. The quantitative estimate of drug-likeness (QED) is 0.539. The number of aromatic nitrogens is 5. The molecule has 2 heterocycles. The first kappa shape index (κ1) is 17.5. The molecule has 3 N–H and O–H groups in total. The van der Waals surface area contributed by atoms with E-state index in [1.807, 2.05) is 42.3 Å². The zero-order valence-corrected chi connectivity index (χ0v) is 15.8. The molecule has 136 valence electrons. The number of nitrogens with one attached hydrogen (secondary N) is 1. The average Bonchev–Trinajstić information content (AvgIpc) is 3.12. The summed E-state index contributed by atoms with van der Waals surface area (Å²) in [5.41, 5.74) is 8.50. The maximum Gasteiger partial charge on any atom is 0.230 e. The number of hydrogen-bond donors (Lipinski definition) is 2. The van der Waals surface area contributed by atoms with E-state index < -0.39 is 0 Å². The van der Waals surface area contributed by atoms with E-state index in [9.17, 15) is 0 Å². The number of nitrogens with two attached hydrogens (primary N) is 1. The van der Waals surface area contributed by atoms with Crippen molar-refractivity contribution >= 4 is 46.0 Å². The Labute approximate surface area is 165 Å². The van der Waals surface area contributed by atoms with Crippen LogP contribution in [0.25, 0.3) is 22.3 Å². The molecule has 0 aliphatic rings. The van der Waals surface area contributed by atoms with Crippen LogP contribution >= 0.6 is 23.2 Å². The number of H-pyrrole nitrogens is 1. The molecule has 0 fully saturated rings. The smallest absolute Gasteiger partial charge is 0.230 e. The first-order valence-electron chi connectivity index (χ1n) is 8.10. The van der Waals surface area contributed by atoms with Crippen molar-refractivity contribution in [2.45, 2.75) is 6.54 Å². The van der Waals surface area contributed by atoms with Gasteiger partial charge in [0.2, 0.25) is 11.9 Å². The van der Waals surface area contributed by atoms with Crippen molar-refractivity contribution in [2.75, 3.05) is 17.7 Å². The zero-order valence-electron chi connectivity index (χ0n) is 14.3. The van der Waals surface area contributed by atoms with Crippen LogP contribution in [0.3, 0.4) is 0 Å². The molecule has 0 amide bonds. The first-order chi connectivity index (χ1) is 13.0. The van der Waals surface area contributed by atoms with Crippen molar-refractivity contribution in [3.63, 3.8) is 0 Å². The van der Waals surface area contributed by atoms with Gasteiger partial charge in [-0.1, -0.05) is 47.5 Å². The number of anilines is 2. The van der Waals surface area contributed by atoms with E-state index >= 15 is 0 Å². The Bertz CT molecular complexity index is 1130. The SMILES string of the molecule is CN(Cc1cccc(Cl)c1Cl)c1nc(N)nc(-c2ccc3cn[nH]c3c2)n1. The summed E-state index contributed by atoms with van der Waals surface area (Å²) >= 11 is 12.4. The van der Waals surface area contributed by atoms with E-state index in [0.717, 1.165) is 22.0 Å². The monoisotopic (exact) mass is 399 g/mol. The second-order valence-electron chi connectivity index (χ2n) is 6.06.